The first-order valence-corrected chi connectivity index (χ1v) is 5.07. The third kappa shape index (κ3) is 2.17. The van der Waals surface area contributed by atoms with Crippen molar-refractivity contribution in [2.75, 3.05) is 6.26 Å². The summed E-state index contributed by atoms with van der Waals surface area (Å²) in [6.07, 6.45) is 1.21. The Bertz CT molecular complexity index is 242. The third-order valence-electron chi connectivity index (χ3n) is 1.46. The summed E-state index contributed by atoms with van der Waals surface area (Å²) in [5, 5.41) is 0. The first-order chi connectivity index (χ1) is 5.52. The highest BCUT2D eigenvalue weighted by Crippen LogP contribution is 2.48. The molecule has 0 aromatic heterocycles. The number of halogens is 3. The molecule has 67 valence electrons. The lowest BCUT2D eigenvalue weighted by Gasteiger charge is -2.19. The zero-order valence-electron chi connectivity index (χ0n) is 6.39. The van der Waals surface area contributed by atoms with E-state index in [0.29, 0.717) is 4.90 Å². The van der Waals surface area contributed by atoms with Crippen molar-refractivity contribution in [1.82, 2.24) is 0 Å². The maximum Gasteiger partial charge on any atom is 0.427 e. The molecule has 1 radical (unpaired) electrons. The van der Waals surface area contributed by atoms with Crippen molar-refractivity contribution in [3.8, 4) is 0 Å². The molecule has 0 aliphatic heterocycles. The minimum atomic E-state index is -4.09. The summed E-state index contributed by atoms with van der Waals surface area (Å²) in [7, 11) is -2.05. The van der Waals surface area contributed by atoms with Crippen LogP contribution in [-0.4, -0.2) is 11.8 Å². The normalized spacial score (nSPS) is 15.8. The highest BCUT2D eigenvalue weighted by Gasteiger charge is 2.33. The fourth-order valence-corrected chi connectivity index (χ4v) is 1.61. The Kier molecular flexibility index (Phi) is 2.67. The number of alkyl halides is 3. The van der Waals surface area contributed by atoms with Gasteiger partial charge in [-0.15, -0.1) is 10.9 Å². The largest absolute Gasteiger partial charge is 0.427 e. The van der Waals surface area contributed by atoms with E-state index in [4.69, 9.17) is 0 Å². The average Bonchev–Trinajstić information content (AvgIpc) is 2.03. The molecular formula is C8H8F3S. The fraction of sp³-hybridized carbons (Fsp3) is 0.250. The number of thiol groups is 1. The van der Waals surface area contributed by atoms with Gasteiger partial charge in [0.1, 0.15) is 0 Å². The van der Waals surface area contributed by atoms with Crippen LogP contribution in [0.5, 0.6) is 0 Å². The Morgan fingerprint density at radius 3 is 2.50 bits per heavy atom. The molecule has 0 heterocycles. The van der Waals surface area contributed by atoms with Crippen LogP contribution >= 0.6 is 10.9 Å². The minimum Gasteiger partial charge on any atom is -0.162 e. The fourth-order valence-electron chi connectivity index (χ4n) is 0.739. The van der Waals surface area contributed by atoms with E-state index < -0.39 is 16.4 Å². The third-order valence-corrected chi connectivity index (χ3v) is 3.27. The van der Waals surface area contributed by atoms with Gasteiger partial charge in [-0.1, -0.05) is 12.1 Å². The lowest BCUT2D eigenvalue weighted by atomic mass is 10.4. The second-order valence-corrected chi connectivity index (χ2v) is 4.43. The van der Waals surface area contributed by atoms with Crippen LogP contribution in [0.3, 0.4) is 0 Å². The summed E-state index contributed by atoms with van der Waals surface area (Å²) in [4.78, 5) is 0.319. The lowest BCUT2D eigenvalue weighted by molar-refractivity contribution is -0.0350. The van der Waals surface area contributed by atoms with Gasteiger partial charge in [0.2, 0.25) is 0 Å². The molecule has 0 bridgehead atoms. The molecule has 0 N–H and O–H groups in total. The van der Waals surface area contributed by atoms with Gasteiger partial charge in [-0.3, -0.25) is 0 Å². The Hall–Kier alpha value is -0.640. The van der Waals surface area contributed by atoms with Gasteiger partial charge < -0.3 is 0 Å². The first kappa shape index (κ1) is 9.45. The summed E-state index contributed by atoms with van der Waals surface area (Å²) in [6, 6.07) is 8.66. The molecule has 0 saturated heterocycles. The predicted octanol–water partition coefficient (Wildman–Crippen LogP) is 3.00. The zero-order valence-corrected chi connectivity index (χ0v) is 7.28. The Morgan fingerprint density at radius 1 is 1.42 bits per heavy atom. The van der Waals surface area contributed by atoms with Gasteiger partial charge >= 0.3 is 5.51 Å². The van der Waals surface area contributed by atoms with Crippen LogP contribution in [0.15, 0.2) is 29.2 Å². The summed E-state index contributed by atoms with van der Waals surface area (Å²) >= 11 is 0. The van der Waals surface area contributed by atoms with E-state index in [9.17, 15) is 13.2 Å². The van der Waals surface area contributed by atoms with Gasteiger partial charge in [0.05, 0.1) is 0 Å². The minimum absolute atomic E-state index is 0.319. The molecule has 0 aliphatic carbocycles. The number of rotatable bonds is 1. The monoisotopic (exact) mass is 193 g/mol. The summed E-state index contributed by atoms with van der Waals surface area (Å²) in [5.41, 5.74) is -4.09. The van der Waals surface area contributed by atoms with Gasteiger partial charge in [0.25, 0.3) is 0 Å². The van der Waals surface area contributed by atoms with Crippen LogP contribution in [0, 0.1) is 6.07 Å². The smallest absolute Gasteiger partial charge is 0.162 e. The lowest BCUT2D eigenvalue weighted by Crippen LogP contribution is -2.07. The van der Waals surface area contributed by atoms with Crippen molar-refractivity contribution < 1.29 is 13.2 Å². The Balaban J connectivity index is 2.86. The van der Waals surface area contributed by atoms with Gasteiger partial charge in [-0.2, -0.15) is 13.2 Å². The molecule has 0 fully saturated rings. The summed E-state index contributed by atoms with van der Waals surface area (Å²) in [6.45, 7) is 0. The molecule has 4 heteroatoms. The maximum absolute atomic E-state index is 12.1. The SMILES string of the molecule is C[SH](c1c[c]ccc1)C(F)(F)F. The van der Waals surface area contributed by atoms with Crippen LogP contribution in [-0.2, 0) is 0 Å². The topological polar surface area (TPSA) is 0 Å². The van der Waals surface area contributed by atoms with E-state index in [1.807, 2.05) is 0 Å². The summed E-state index contributed by atoms with van der Waals surface area (Å²) in [5.74, 6) is 0. The Labute approximate surface area is 71.7 Å². The van der Waals surface area contributed by atoms with E-state index in [0.717, 1.165) is 0 Å². The van der Waals surface area contributed by atoms with E-state index in [1.165, 1.54) is 18.4 Å². The molecule has 1 aromatic rings. The standard InChI is InChI=1S/C8H8F3S/c1-12(8(9,10)11)7-5-3-2-4-6-7/h2-3,5-6,12H,1H3. The molecule has 0 spiro atoms. The molecule has 0 aliphatic rings. The van der Waals surface area contributed by atoms with Crippen LogP contribution in [0.25, 0.3) is 0 Å². The second kappa shape index (κ2) is 3.39. The van der Waals surface area contributed by atoms with Gasteiger partial charge in [-0.05, 0) is 29.4 Å². The van der Waals surface area contributed by atoms with Crippen molar-refractivity contribution in [2.24, 2.45) is 0 Å². The van der Waals surface area contributed by atoms with Crippen LogP contribution in [0.2, 0.25) is 0 Å². The van der Waals surface area contributed by atoms with E-state index in [2.05, 4.69) is 6.07 Å². The molecule has 1 atom stereocenters. The van der Waals surface area contributed by atoms with Crippen molar-refractivity contribution in [1.29, 1.82) is 0 Å². The van der Waals surface area contributed by atoms with Crippen LogP contribution in [0.4, 0.5) is 13.2 Å². The second-order valence-electron chi connectivity index (χ2n) is 2.29. The Morgan fingerprint density at radius 2 is 2.08 bits per heavy atom. The highest BCUT2D eigenvalue weighted by molar-refractivity contribution is 8.17. The van der Waals surface area contributed by atoms with Crippen LogP contribution in [0.1, 0.15) is 0 Å². The molecule has 0 saturated carbocycles. The van der Waals surface area contributed by atoms with Crippen molar-refractivity contribution >= 4 is 10.9 Å². The van der Waals surface area contributed by atoms with E-state index >= 15 is 0 Å². The first-order valence-electron chi connectivity index (χ1n) is 3.28. The van der Waals surface area contributed by atoms with Crippen molar-refractivity contribution in [3.63, 3.8) is 0 Å². The number of hydrogen-bond acceptors (Lipinski definition) is 0. The maximum atomic E-state index is 12.1. The molecule has 1 rings (SSSR count). The molecule has 1 aromatic carbocycles. The average molecular weight is 193 g/mol. The molecule has 0 amide bonds. The van der Waals surface area contributed by atoms with Gasteiger partial charge in [-0.25, -0.2) is 0 Å². The van der Waals surface area contributed by atoms with E-state index in [1.54, 1.807) is 12.1 Å². The van der Waals surface area contributed by atoms with Gasteiger partial charge in [0.15, 0.2) is 0 Å². The zero-order chi connectivity index (χ0) is 9.19. The number of benzene rings is 1. The van der Waals surface area contributed by atoms with E-state index in [-0.39, 0.29) is 0 Å². The van der Waals surface area contributed by atoms with Gasteiger partial charge in [0, 0.05) is 0 Å². The van der Waals surface area contributed by atoms with Crippen LogP contribution < -0.4 is 0 Å². The predicted molar refractivity (Wildman–Crippen MR) is 44.5 cm³/mol. The van der Waals surface area contributed by atoms with Crippen molar-refractivity contribution in [3.05, 3.63) is 30.3 Å². The van der Waals surface area contributed by atoms with Crippen molar-refractivity contribution in [2.45, 2.75) is 10.4 Å². The molecule has 1 unspecified atom stereocenters. The molecular weight excluding hydrogens is 185 g/mol. The highest BCUT2D eigenvalue weighted by atomic mass is 32.2. The number of hydrogen-bond donors (Lipinski definition) is 1. The summed E-state index contributed by atoms with van der Waals surface area (Å²) < 4.78 is 36.4. The molecule has 12 heavy (non-hydrogen) atoms. The quantitative estimate of drug-likeness (QED) is 0.651. The molecule has 0 nitrogen and oxygen atoms in total.